The summed E-state index contributed by atoms with van der Waals surface area (Å²) in [6.45, 7) is 7.55. The number of pyridine rings is 1. The van der Waals surface area contributed by atoms with Gasteiger partial charge in [0.15, 0.2) is 5.43 Å². The first-order chi connectivity index (χ1) is 16.7. The van der Waals surface area contributed by atoms with Crippen LogP contribution < -0.4 is 10.7 Å². The van der Waals surface area contributed by atoms with Crippen LogP contribution in [0.5, 0.6) is 0 Å². The number of carboxylic acids is 1. The summed E-state index contributed by atoms with van der Waals surface area (Å²) in [5.41, 5.74) is 5.88. The van der Waals surface area contributed by atoms with Gasteiger partial charge in [-0.2, -0.15) is 5.10 Å². The average molecular weight is 468 g/mol. The highest BCUT2D eigenvalue weighted by atomic mass is 16.4. The van der Waals surface area contributed by atoms with E-state index < -0.39 is 5.97 Å². The Labute approximate surface area is 201 Å². The van der Waals surface area contributed by atoms with E-state index in [0.29, 0.717) is 28.0 Å². The van der Waals surface area contributed by atoms with Gasteiger partial charge in [-0.1, -0.05) is 18.2 Å². The molecule has 7 nitrogen and oxygen atoms in total. The lowest BCUT2D eigenvalue weighted by Crippen LogP contribution is -2.14. The van der Waals surface area contributed by atoms with E-state index in [0.717, 1.165) is 27.9 Å². The Kier molecular flexibility index (Phi) is 5.40. The Balaban J connectivity index is 1.68. The first-order valence-electron chi connectivity index (χ1n) is 11.4. The minimum Gasteiger partial charge on any atom is -0.478 e. The molecule has 0 saturated heterocycles. The lowest BCUT2D eigenvalue weighted by atomic mass is 9.98. The third-order valence-electron chi connectivity index (χ3n) is 6.23. The summed E-state index contributed by atoms with van der Waals surface area (Å²) >= 11 is 0. The van der Waals surface area contributed by atoms with Crippen LogP contribution in [-0.2, 0) is 0 Å². The van der Waals surface area contributed by atoms with Crippen molar-refractivity contribution in [3.05, 3.63) is 99.0 Å². The largest absolute Gasteiger partial charge is 0.478 e. The normalized spacial score (nSPS) is 12.2. The first-order valence-corrected chi connectivity index (χ1v) is 11.4. The van der Waals surface area contributed by atoms with Crippen molar-refractivity contribution in [2.45, 2.75) is 33.7 Å². The molecule has 0 aliphatic carbocycles. The van der Waals surface area contributed by atoms with Crippen molar-refractivity contribution in [2.24, 2.45) is 0 Å². The van der Waals surface area contributed by atoms with Gasteiger partial charge >= 0.3 is 5.97 Å². The number of rotatable bonds is 5. The van der Waals surface area contributed by atoms with Gasteiger partial charge < -0.3 is 14.8 Å². The summed E-state index contributed by atoms with van der Waals surface area (Å²) in [4.78, 5) is 25.1. The summed E-state index contributed by atoms with van der Waals surface area (Å²) in [7, 11) is 0. The molecule has 0 amide bonds. The van der Waals surface area contributed by atoms with Crippen molar-refractivity contribution >= 4 is 28.1 Å². The number of benzene rings is 2. The quantitative estimate of drug-likeness (QED) is 0.334. The standard InChI is InChI=1S/C28H25N3O4/c1-15-11-22(18(4)29-24-8-6-5-7-21(24)28(33)34)27-23(12-15)25(32)17(3)26(35-27)19-9-10-20-13-16(2)30-31(20)14-19/h5-14,18,29H,1-4H3,(H,33,34). The van der Waals surface area contributed by atoms with Gasteiger partial charge in [0.2, 0.25) is 0 Å². The van der Waals surface area contributed by atoms with E-state index >= 15 is 0 Å². The second kappa shape index (κ2) is 8.43. The minimum absolute atomic E-state index is 0.0962. The molecular weight excluding hydrogens is 442 g/mol. The Bertz CT molecular complexity index is 1680. The highest BCUT2D eigenvalue weighted by Gasteiger charge is 2.20. The topological polar surface area (TPSA) is 96.8 Å². The van der Waals surface area contributed by atoms with Crippen LogP contribution >= 0.6 is 0 Å². The van der Waals surface area contributed by atoms with E-state index in [9.17, 15) is 14.7 Å². The van der Waals surface area contributed by atoms with Crippen molar-refractivity contribution in [1.82, 2.24) is 9.61 Å². The third kappa shape index (κ3) is 3.95. The van der Waals surface area contributed by atoms with Gasteiger partial charge in [-0.25, -0.2) is 9.31 Å². The highest BCUT2D eigenvalue weighted by Crippen LogP contribution is 2.32. The minimum atomic E-state index is -1.01. The molecule has 0 bridgehead atoms. The lowest BCUT2D eigenvalue weighted by molar-refractivity contribution is 0.0698. The molecule has 3 heterocycles. The number of aromatic carboxylic acids is 1. The Morgan fingerprint density at radius 2 is 1.86 bits per heavy atom. The van der Waals surface area contributed by atoms with Crippen LogP contribution in [-0.4, -0.2) is 20.7 Å². The van der Waals surface area contributed by atoms with Gasteiger partial charge in [0, 0.05) is 28.6 Å². The maximum absolute atomic E-state index is 13.4. The number of hydrogen-bond donors (Lipinski definition) is 2. The SMILES string of the molecule is Cc1cc(C(C)Nc2ccccc2C(=O)O)c2oc(-c3ccc4cc(C)nn4c3)c(C)c(=O)c2c1. The van der Waals surface area contributed by atoms with Crippen LogP contribution in [0.15, 0.2) is 70.0 Å². The Morgan fingerprint density at radius 1 is 1.09 bits per heavy atom. The van der Waals surface area contributed by atoms with Crippen LogP contribution in [0.3, 0.4) is 0 Å². The molecule has 0 aliphatic rings. The zero-order valence-corrected chi connectivity index (χ0v) is 19.9. The Hall–Kier alpha value is -4.39. The van der Waals surface area contributed by atoms with E-state index in [1.807, 2.05) is 57.3 Å². The van der Waals surface area contributed by atoms with Gasteiger partial charge in [0.25, 0.3) is 0 Å². The van der Waals surface area contributed by atoms with Crippen LogP contribution in [0, 0.1) is 20.8 Å². The van der Waals surface area contributed by atoms with Crippen LogP contribution in [0.4, 0.5) is 5.69 Å². The summed E-state index contributed by atoms with van der Waals surface area (Å²) in [5.74, 6) is -0.524. The molecule has 7 heteroatoms. The van der Waals surface area contributed by atoms with Gasteiger partial charge in [-0.3, -0.25) is 4.79 Å². The number of carbonyl (C=O) groups is 1. The predicted molar refractivity (Wildman–Crippen MR) is 136 cm³/mol. The fraction of sp³-hybridized carbons (Fsp3) is 0.179. The zero-order valence-electron chi connectivity index (χ0n) is 19.9. The first kappa shape index (κ1) is 22.4. The number of aryl methyl sites for hydroxylation is 2. The highest BCUT2D eigenvalue weighted by molar-refractivity contribution is 5.94. The second-order valence-corrected chi connectivity index (χ2v) is 8.91. The fourth-order valence-corrected chi connectivity index (χ4v) is 4.52. The fourth-order valence-electron chi connectivity index (χ4n) is 4.52. The van der Waals surface area contributed by atoms with E-state index in [1.54, 1.807) is 35.7 Å². The molecule has 2 aromatic carbocycles. The van der Waals surface area contributed by atoms with Crippen molar-refractivity contribution < 1.29 is 14.3 Å². The van der Waals surface area contributed by atoms with Crippen LogP contribution in [0.1, 0.15) is 45.7 Å². The smallest absolute Gasteiger partial charge is 0.337 e. The van der Waals surface area contributed by atoms with Crippen molar-refractivity contribution in [3.63, 3.8) is 0 Å². The molecule has 5 rings (SSSR count). The number of fused-ring (bicyclic) bond motifs is 2. The van der Waals surface area contributed by atoms with E-state index in [1.165, 1.54) is 0 Å². The number of anilines is 1. The van der Waals surface area contributed by atoms with Gasteiger partial charge in [0.05, 0.1) is 28.2 Å². The third-order valence-corrected chi connectivity index (χ3v) is 6.23. The summed E-state index contributed by atoms with van der Waals surface area (Å²) in [6, 6.07) is 16.1. The van der Waals surface area contributed by atoms with E-state index in [4.69, 9.17) is 4.42 Å². The number of nitrogens with one attached hydrogen (secondary N) is 1. The molecule has 3 aromatic heterocycles. The number of aromatic nitrogens is 2. The van der Waals surface area contributed by atoms with Crippen molar-refractivity contribution in [1.29, 1.82) is 0 Å². The average Bonchev–Trinajstić information content (AvgIpc) is 3.20. The van der Waals surface area contributed by atoms with Gasteiger partial charge in [-0.05, 0) is 69.7 Å². The van der Waals surface area contributed by atoms with Gasteiger partial charge in [0.1, 0.15) is 11.3 Å². The predicted octanol–water partition coefficient (Wildman–Crippen LogP) is 5.90. The maximum atomic E-state index is 13.4. The molecule has 0 radical (unpaired) electrons. The number of para-hydroxylation sites is 1. The summed E-state index contributed by atoms with van der Waals surface area (Å²) in [6.07, 6.45) is 1.86. The monoisotopic (exact) mass is 467 g/mol. The number of nitrogens with zero attached hydrogens (tertiary/aromatic N) is 2. The Morgan fingerprint density at radius 3 is 2.63 bits per heavy atom. The van der Waals surface area contributed by atoms with Crippen molar-refractivity contribution in [2.75, 3.05) is 5.32 Å². The zero-order chi connectivity index (χ0) is 24.9. The van der Waals surface area contributed by atoms with Crippen LogP contribution in [0.25, 0.3) is 27.8 Å². The van der Waals surface area contributed by atoms with Crippen LogP contribution in [0.2, 0.25) is 0 Å². The number of carboxylic acid groups (broad SMARTS) is 1. The maximum Gasteiger partial charge on any atom is 0.337 e. The molecule has 0 spiro atoms. The molecule has 1 atom stereocenters. The number of hydrogen-bond acceptors (Lipinski definition) is 5. The molecular formula is C28H25N3O4. The molecule has 176 valence electrons. The molecule has 2 N–H and O–H groups in total. The molecule has 0 fully saturated rings. The lowest BCUT2D eigenvalue weighted by Gasteiger charge is -2.20. The molecule has 5 aromatic rings. The summed E-state index contributed by atoms with van der Waals surface area (Å²) in [5, 5.41) is 17.8. The van der Waals surface area contributed by atoms with E-state index in [-0.39, 0.29) is 17.0 Å². The van der Waals surface area contributed by atoms with Crippen molar-refractivity contribution in [3.8, 4) is 11.3 Å². The molecule has 35 heavy (non-hydrogen) atoms. The second-order valence-electron chi connectivity index (χ2n) is 8.91. The molecule has 0 aliphatic heterocycles. The molecule has 1 unspecified atom stereocenters. The summed E-state index contributed by atoms with van der Waals surface area (Å²) < 4.78 is 8.22. The van der Waals surface area contributed by atoms with Gasteiger partial charge in [-0.15, -0.1) is 0 Å². The van der Waals surface area contributed by atoms with E-state index in [2.05, 4.69) is 10.4 Å². The molecule has 0 saturated carbocycles.